The number of aromatic nitrogens is 3. The van der Waals surface area contributed by atoms with Crippen molar-refractivity contribution in [2.45, 2.75) is 25.3 Å². The molecule has 1 atom stereocenters. The number of benzene rings is 2. The van der Waals surface area contributed by atoms with Gasteiger partial charge in [-0.05, 0) is 53.8 Å². The Bertz CT molecular complexity index is 924. The van der Waals surface area contributed by atoms with Gasteiger partial charge in [0.15, 0.2) is 6.61 Å². The van der Waals surface area contributed by atoms with Crippen LogP contribution in [-0.4, -0.2) is 27.7 Å². The Kier molecular flexibility index (Phi) is 4.28. The van der Waals surface area contributed by atoms with Gasteiger partial charge in [-0.25, -0.2) is 0 Å². The third-order valence-corrected chi connectivity index (χ3v) is 4.63. The molecule has 0 bridgehead atoms. The van der Waals surface area contributed by atoms with Crippen LogP contribution in [0.2, 0.25) is 5.02 Å². The molecule has 3 aromatic rings. The fourth-order valence-corrected chi connectivity index (χ4v) is 3.39. The van der Waals surface area contributed by atoms with Crippen molar-refractivity contribution < 1.29 is 9.63 Å². The SMILES string of the molecule is O=C(COn1nnc2ccc(Cl)cc21)N[C@@H]1CCCc2ccccc21. The van der Waals surface area contributed by atoms with Crippen molar-refractivity contribution >= 4 is 28.5 Å². The molecule has 0 aliphatic heterocycles. The van der Waals surface area contributed by atoms with Gasteiger partial charge in [-0.1, -0.05) is 40.7 Å². The summed E-state index contributed by atoms with van der Waals surface area (Å²) in [6, 6.07) is 13.5. The van der Waals surface area contributed by atoms with E-state index in [2.05, 4.69) is 27.8 Å². The summed E-state index contributed by atoms with van der Waals surface area (Å²) in [6.45, 7) is -0.135. The van der Waals surface area contributed by atoms with E-state index in [1.165, 1.54) is 16.0 Å². The number of carbonyl (C=O) groups is 1. The van der Waals surface area contributed by atoms with Crippen molar-refractivity contribution in [3.05, 3.63) is 58.6 Å². The van der Waals surface area contributed by atoms with E-state index in [-0.39, 0.29) is 18.6 Å². The first-order valence-corrected chi connectivity index (χ1v) is 8.60. The number of fused-ring (bicyclic) bond motifs is 2. The van der Waals surface area contributed by atoms with Crippen LogP contribution >= 0.6 is 11.6 Å². The summed E-state index contributed by atoms with van der Waals surface area (Å²) in [6.07, 6.45) is 3.06. The molecule has 1 heterocycles. The highest BCUT2D eigenvalue weighted by Gasteiger charge is 2.21. The van der Waals surface area contributed by atoms with Gasteiger partial charge in [0.1, 0.15) is 11.0 Å². The fraction of sp³-hybridized carbons (Fsp3) is 0.278. The van der Waals surface area contributed by atoms with Crippen LogP contribution in [0.1, 0.15) is 30.0 Å². The largest absolute Gasteiger partial charge is 0.385 e. The van der Waals surface area contributed by atoms with E-state index in [4.69, 9.17) is 16.4 Å². The molecule has 1 aliphatic rings. The van der Waals surface area contributed by atoms with E-state index in [1.807, 2.05) is 12.1 Å². The molecule has 1 amide bonds. The molecular weight excluding hydrogens is 340 g/mol. The van der Waals surface area contributed by atoms with Crippen LogP contribution in [0, 0.1) is 0 Å². The van der Waals surface area contributed by atoms with Gasteiger partial charge in [-0.15, -0.1) is 5.10 Å². The first-order valence-electron chi connectivity index (χ1n) is 8.22. The molecule has 0 unspecified atom stereocenters. The van der Waals surface area contributed by atoms with Crippen LogP contribution in [0.3, 0.4) is 0 Å². The lowest BCUT2D eigenvalue weighted by molar-refractivity contribution is -0.127. The van der Waals surface area contributed by atoms with E-state index < -0.39 is 0 Å². The Hall–Kier alpha value is -2.60. The maximum Gasteiger partial charge on any atom is 0.261 e. The lowest BCUT2D eigenvalue weighted by Gasteiger charge is -2.26. The van der Waals surface area contributed by atoms with Crippen molar-refractivity contribution in [1.29, 1.82) is 0 Å². The van der Waals surface area contributed by atoms with Gasteiger partial charge in [0.25, 0.3) is 5.91 Å². The minimum atomic E-state index is -0.188. The maximum absolute atomic E-state index is 12.3. The van der Waals surface area contributed by atoms with Crippen molar-refractivity contribution in [2.75, 3.05) is 6.61 Å². The third kappa shape index (κ3) is 3.30. The number of halogens is 1. The molecule has 0 fully saturated rings. The number of carbonyl (C=O) groups excluding carboxylic acids is 1. The molecule has 0 saturated carbocycles. The number of rotatable bonds is 4. The van der Waals surface area contributed by atoms with Crippen LogP contribution < -0.4 is 10.2 Å². The molecule has 7 heteroatoms. The zero-order chi connectivity index (χ0) is 17.2. The van der Waals surface area contributed by atoms with Gasteiger partial charge in [0.2, 0.25) is 0 Å². The number of nitrogens with zero attached hydrogens (tertiary/aromatic N) is 3. The topological polar surface area (TPSA) is 69.0 Å². The molecule has 128 valence electrons. The van der Waals surface area contributed by atoms with Crippen LogP contribution in [0.4, 0.5) is 0 Å². The third-order valence-electron chi connectivity index (χ3n) is 4.40. The van der Waals surface area contributed by atoms with E-state index >= 15 is 0 Å². The van der Waals surface area contributed by atoms with Gasteiger partial charge >= 0.3 is 0 Å². The molecule has 1 N–H and O–H groups in total. The molecule has 2 aromatic carbocycles. The standard InChI is InChI=1S/C18H17ClN4O2/c19-13-8-9-16-17(10-13)23(22-21-16)25-11-18(24)20-15-7-3-5-12-4-1-2-6-14(12)15/h1-2,4,6,8-10,15H,3,5,7,11H2,(H,20,24)/t15-/m1/s1. The van der Waals surface area contributed by atoms with Crippen LogP contribution in [0.15, 0.2) is 42.5 Å². The number of aryl methyl sites for hydroxylation is 1. The van der Waals surface area contributed by atoms with E-state index in [1.54, 1.807) is 18.2 Å². The van der Waals surface area contributed by atoms with Gasteiger partial charge in [-0.2, -0.15) is 0 Å². The Morgan fingerprint density at radius 1 is 1.32 bits per heavy atom. The molecule has 0 radical (unpaired) electrons. The lowest BCUT2D eigenvalue weighted by Crippen LogP contribution is -2.36. The quantitative estimate of drug-likeness (QED) is 0.780. The Morgan fingerprint density at radius 2 is 2.20 bits per heavy atom. The van der Waals surface area contributed by atoms with Crippen molar-refractivity contribution in [2.24, 2.45) is 0 Å². The first kappa shape index (κ1) is 15.9. The average molecular weight is 357 g/mol. The van der Waals surface area contributed by atoms with E-state index in [0.717, 1.165) is 19.3 Å². The Morgan fingerprint density at radius 3 is 3.12 bits per heavy atom. The maximum atomic E-state index is 12.3. The zero-order valence-electron chi connectivity index (χ0n) is 13.5. The summed E-state index contributed by atoms with van der Waals surface area (Å²) < 4.78 is 0. The minimum absolute atomic E-state index is 0.0305. The molecule has 6 nitrogen and oxygen atoms in total. The van der Waals surface area contributed by atoms with Crippen molar-refractivity contribution in [3.63, 3.8) is 0 Å². The predicted octanol–water partition coefficient (Wildman–Crippen LogP) is 2.71. The van der Waals surface area contributed by atoms with Gasteiger partial charge < -0.3 is 10.2 Å². The highest BCUT2D eigenvalue weighted by Crippen LogP contribution is 2.29. The predicted molar refractivity (Wildman–Crippen MR) is 94.2 cm³/mol. The number of nitrogens with one attached hydrogen (secondary N) is 1. The normalized spacial score (nSPS) is 16.4. The summed E-state index contributed by atoms with van der Waals surface area (Å²) >= 11 is 5.98. The van der Waals surface area contributed by atoms with Gasteiger partial charge in [-0.3, -0.25) is 4.79 Å². The first-order chi connectivity index (χ1) is 12.2. The lowest BCUT2D eigenvalue weighted by atomic mass is 9.88. The monoisotopic (exact) mass is 356 g/mol. The molecule has 0 spiro atoms. The smallest absolute Gasteiger partial charge is 0.261 e. The summed E-state index contributed by atoms with van der Waals surface area (Å²) in [7, 11) is 0. The molecule has 1 aliphatic carbocycles. The second-order valence-electron chi connectivity index (χ2n) is 6.08. The zero-order valence-corrected chi connectivity index (χ0v) is 14.2. The van der Waals surface area contributed by atoms with E-state index in [0.29, 0.717) is 16.1 Å². The summed E-state index contributed by atoms with van der Waals surface area (Å²) in [4.78, 5) is 19.0. The number of amides is 1. The van der Waals surface area contributed by atoms with Crippen molar-refractivity contribution in [3.8, 4) is 0 Å². The second kappa shape index (κ2) is 6.72. The molecule has 4 rings (SSSR count). The number of hydrogen-bond donors (Lipinski definition) is 1. The van der Waals surface area contributed by atoms with Gasteiger partial charge in [0.05, 0.1) is 6.04 Å². The summed E-state index contributed by atoms with van der Waals surface area (Å²) in [5, 5.41) is 11.5. The molecule has 25 heavy (non-hydrogen) atoms. The molecule has 1 aromatic heterocycles. The Balaban J connectivity index is 1.42. The highest BCUT2D eigenvalue weighted by atomic mass is 35.5. The van der Waals surface area contributed by atoms with Crippen molar-refractivity contribution in [1.82, 2.24) is 20.5 Å². The van der Waals surface area contributed by atoms with Crippen LogP contribution in [-0.2, 0) is 11.2 Å². The molecule has 0 saturated heterocycles. The van der Waals surface area contributed by atoms with Crippen LogP contribution in [0.25, 0.3) is 11.0 Å². The fourth-order valence-electron chi connectivity index (χ4n) is 3.23. The summed E-state index contributed by atoms with van der Waals surface area (Å²) in [5.41, 5.74) is 3.78. The average Bonchev–Trinajstić information content (AvgIpc) is 3.02. The minimum Gasteiger partial charge on any atom is -0.385 e. The highest BCUT2D eigenvalue weighted by molar-refractivity contribution is 6.31. The summed E-state index contributed by atoms with van der Waals surface area (Å²) in [5.74, 6) is -0.188. The van der Waals surface area contributed by atoms with E-state index in [9.17, 15) is 4.79 Å². The second-order valence-corrected chi connectivity index (χ2v) is 6.52. The molecular formula is C18H17ClN4O2. The van der Waals surface area contributed by atoms with Gasteiger partial charge in [0, 0.05) is 5.02 Å². The van der Waals surface area contributed by atoms with Crippen LogP contribution in [0.5, 0.6) is 0 Å². The Labute approximate surface area is 149 Å². The number of hydrogen-bond acceptors (Lipinski definition) is 4.